The van der Waals surface area contributed by atoms with Crippen LogP contribution >= 0.6 is 12.2 Å². The number of benzene rings is 3. The number of hydrogen-bond donors (Lipinski definition) is 2. The first-order valence-electron chi connectivity index (χ1n) is 14.8. The van der Waals surface area contributed by atoms with Crippen molar-refractivity contribution < 1.29 is 28.9 Å². The minimum Gasteiger partial charge on any atom is -0.496 e. The third-order valence-corrected chi connectivity index (χ3v) is 8.36. The highest BCUT2D eigenvalue weighted by molar-refractivity contribution is 7.80. The average Bonchev–Trinajstić information content (AvgIpc) is 3.00. The number of nitrogens with one attached hydrogen (secondary N) is 1. The number of amides is 1. The van der Waals surface area contributed by atoms with E-state index in [0.29, 0.717) is 36.0 Å². The Morgan fingerprint density at radius 3 is 2.16 bits per heavy atom. The zero-order valence-corrected chi connectivity index (χ0v) is 26.9. The number of carbonyl (C=O) groups excluding carboxylic acids is 1. The number of carboxylic acids is 1. The molecule has 0 radical (unpaired) electrons. The third kappa shape index (κ3) is 8.08. The number of carboxylic acid groups (broad SMARTS) is 1. The standard InChI is InChI=1S/C35H42N2O6S/c1-34(2,3)43-33(40)37-20-10-19-35(23-37,22-25-11-7-6-8-12-25)32(44)36-27(31(38)39)21-24-15-17-26(18-16-24)30-28(41-4)13-9-14-29(30)42-5/h6-9,11-18,27H,10,19-23H2,1-5H3,(H,36,44)(H,38,39)/t27-,35?/m0/s1. The van der Waals surface area contributed by atoms with Gasteiger partial charge in [0.15, 0.2) is 0 Å². The van der Waals surface area contributed by atoms with Crippen LogP contribution in [0.15, 0.2) is 72.8 Å². The Morgan fingerprint density at radius 1 is 0.955 bits per heavy atom. The summed E-state index contributed by atoms with van der Waals surface area (Å²) in [5, 5.41) is 13.5. The highest BCUT2D eigenvalue weighted by atomic mass is 32.1. The van der Waals surface area contributed by atoms with E-state index >= 15 is 0 Å². The molecule has 1 heterocycles. The lowest BCUT2D eigenvalue weighted by Crippen LogP contribution is -2.57. The summed E-state index contributed by atoms with van der Waals surface area (Å²) < 4.78 is 16.8. The minimum atomic E-state index is -1.00. The van der Waals surface area contributed by atoms with Crippen molar-refractivity contribution in [1.82, 2.24) is 10.2 Å². The van der Waals surface area contributed by atoms with E-state index in [1.165, 1.54) is 0 Å². The van der Waals surface area contributed by atoms with Gasteiger partial charge in [-0.05, 0) is 68.9 Å². The summed E-state index contributed by atoms with van der Waals surface area (Å²) in [6, 6.07) is 22.3. The van der Waals surface area contributed by atoms with Gasteiger partial charge in [-0.25, -0.2) is 9.59 Å². The van der Waals surface area contributed by atoms with E-state index in [1.54, 1.807) is 19.1 Å². The van der Waals surface area contributed by atoms with E-state index in [-0.39, 0.29) is 12.5 Å². The highest BCUT2D eigenvalue weighted by Crippen LogP contribution is 2.39. The zero-order valence-electron chi connectivity index (χ0n) is 26.1. The molecule has 0 aliphatic carbocycles. The van der Waals surface area contributed by atoms with E-state index in [1.807, 2.05) is 93.6 Å². The number of likely N-dealkylation sites (tertiary alicyclic amines) is 1. The van der Waals surface area contributed by atoms with Gasteiger partial charge >= 0.3 is 12.1 Å². The summed E-state index contributed by atoms with van der Waals surface area (Å²) in [5.41, 5.74) is 2.34. The fourth-order valence-corrected chi connectivity index (χ4v) is 6.08. The van der Waals surface area contributed by atoms with Crippen LogP contribution < -0.4 is 14.8 Å². The van der Waals surface area contributed by atoms with E-state index in [9.17, 15) is 14.7 Å². The van der Waals surface area contributed by atoms with Gasteiger partial charge in [0.1, 0.15) is 23.1 Å². The Morgan fingerprint density at radius 2 is 1.59 bits per heavy atom. The summed E-state index contributed by atoms with van der Waals surface area (Å²) in [4.78, 5) is 27.8. The highest BCUT2D eigenvalue weighted by Gasteiger charge is 2.43. The number of thiocarbonyl (C=S) groups is 1. The van der Waals surface area contributed by atoms with Crippen molar-refractivity contribution in [2.75, 3.05) is 27.3 Å². The number of hydrogen-bond acceptors (Lipinski definition) is 6. The second kappa shape index (κ2) is 14.1. The number of rotatable bonds is 10. The molecule has 0 saturated carbocycles. The Kier molecular flexibility index (Phi) is 10.5. The Labute approximate surface area is 265 Å². The summed E-state index contributed by atoms with van der Waals surface area (Å²) in [7, 11) is 3.23. The maximum Gasteiger partial charge on any atom is 0.410 e. The average molecular weight is 619 g/mol. The normalized spacial score (nSPS) is 17.3. The summed E-state index contributed by atoms with van der Waals surface area (Å²) in [6.07, 6.45) is 1.84. The number of ether oxygens (including phenoxy) is 3. The molecule has 4 rings (SSSR count). The van der Waals surface area contributed by atoms with Gasteiger partial charge in [-0.15, -0.1) is 0 Å². The second-order valence-electron chi connectivity index (χ2n) is 12.3. The molecule has 2 N–H and O–H groups in total. The molecule has 1 amide bonds. The summed E-state index contributed by atoms with van der Waals surface area (Å²) in [5.74, 6) is 0.366. The largest absolute Gasteiger partial charge is 0.496 e. The molecule has 0 spiro atoms. The van der Waals surface area contributed by atoms with Crippen LogP contribution in [0.4, 0.5) is 4.79 Å². The molecular formula is C35H42N2O6S. The number of nitrogens with zero attached hydrogens (tertiary/aromatic N) is 1. The van der Waals surface area contributed by atoms with Gasteiger partial charge in [-0.3, -0.25) is 0 Å². The summed E-state index contributed by atoms with van der Waals surface area (Å²) >= 11 is 6.01. The quantitative estimate of drug-likeness (QED) is 0.247. The molecule has 0 aromatic heterocycles. The predicted octanol–water partition coefficient (Wildman–Crippen LogP) is 6.54. The van der Waals surface area contributed by atoms with Crippen molar-refractivity contribution in [3.63, 3.8) is 0 Å². The second-order valence-corrected chi connectivity index (χ2v) is 12.7. The maximum absolute atomic E-state index is 13.1. The van der Waals surface area contributed by atoms with Crippen molar-refractivity contribution in [2.24, 2.45) is 5.41 Å². The number of methoxy groups -OCH3 is 2. The molecule has 44 heavy (non-hydrogen) atoms. The minimum absolute atomic E-state index is 0.218. The molecule has 9 heteroatoms. The Balaban J connectivity index is 1.57. The first-order valence-corrected chi connectivity index (χ1v) is 15.2. The molecule has 2 atom stereocenters. The van der Waals surface area contributed by atoms with Crippen molar-refractivity contribution in [3.05, 3.63) is 83.9 Å². The lowest BCUT2D eigenvalue weighted by molar-refractivity contribution is -0.139. The molecule has 1 saturated heterocycles. The first-order chi connectivity index (χ1) is 20.9. The van der Waals surface area contributed by atoms with E-state index in [2.05, 4.69) is 5.32 Å². The smallest absolute Gasteiger partial charge is 0.410 e. The van der Waals surface area contributed by atoms with Crippen LogP contribution in [0.25, 0.3) is 11.1 Å². The third-order valence-electron chi connectivity index (χ3n) is 7.81. The topological polar surface area (TPSA) is 97.3 Å². The first kappa shape index (κ1) is 32.8. The number of piperidine rings is 1. The van der Waals surface area contributed by atoms with E-state index < -0.39 is 23.0 Å². The summed E-state index contributed by atoms with van der Waals surface area (Å²) in [6.45, 7) is 6.42. The lowest BCUT2D eigenvalue weighted by atomic mass is 9.74. The van der Waals surface area contributed by atoms with Gasteiger partial charge in [-0.1, -0.05) is 72.9 Å². The zero-order chi connectivity index (χ0) is 31.9. The van der Waals surface area contributed by atoms with Crippen LogP contribution in [0.1, 0.15) is 44.7 Å². The molecule has 234 valence electrons. The van der Waals surface area contributed by atoms with Crippen LogP contribution in [-0.4, -0.2) is 66.0 Å². The lowest BCUT2D eigenvalue weighted by Gasteiger charge is -2.44. The van der Waals surface area contributed by atoms with Gasteiger partial charge < -0.3 is 29.5 Å². The van der Waals surface area contributed by atoms with Crippen LogP contribution in [0.2, 0.25) is 0 Å². The molecule has 1 unspecified atom stereocenters. The molecule has 3 aromatic rings. The molecule has 3 aromatic carbocycles. The molecule has 0 bridgehead atoms. The predicted molar refractivity (Wildman–Crippen MR) is 175 cm³/mol. The molecule has 1 aliphatic rings. The van der Waals surface area contributed by atoms with Crippen LogP contribution in [0.5, 0.6) is 11.5 Å². The Hall–Kier alpha value is -4.11. The van der Waals surface area contributed by atoms with Gasteiger partial charge in [0.2, 0.25) is 0 Å². The van der Waals surface area contributed by atoms with Gasteiger partial charge in [0.25, 0.3) is 0 Å². The van der Waals surface area contributed by atoms with Crippen molar-refractivity contribution >= 4 is 29.3 Å². The van der Waals surface area contributed by atoms with Crippen molar-refractivity contribution in [3.8, 4) is 22.6 Å². The van der Waals surface area contributed by atoms with Crippen molar-refractivity contribution in [2.45, 2.75) is 58.1 Å². The van der Waals surface area contributed by atoms with Crippen LogP contribution in [-0.2, 0) is 22.4 Å². The maximum atomic E-state index is 13.1. The molecule has 1 aliphatic heterocycles. The van der Waals surface area contributed by atoms with Gasteiger partial charge in [-0.2, -0.15) is 0 Å². The fourth-order valence-electron chi connectivity index (χ4n) is 5.70. The number of carbonyl (C=O) groups is 2. The SMILES string of the molecule is COc1cccc(OC)c1-c1ccc(C[C@H](NC(=S)C2(Cc3ccccc3)CCCN(C(=O)OC(C)(C)C)C2)C(=O)O)cc1. The number of aliphatic carboxylic acids is 1. The monoisotopic (exact) mass is 618 g/mol. The van der Waals surface area contributed by atoms with Gasteiger partial charge in [0.05, 0.1) is 24.8 Å². The van der Waals surface area contributed by atoms with Crippen LogP contribution in [0.3, 0.4) is 0 Å². The van der Waals surface area contributed by atoms with Gasteiger partial charge in [0, 0.05) is 24.9 Å². The molecule has 1 fully saturated rings. The van der Waals surface area contributed by atoms with E-state index in [4.69, 9.17) is 26.4 Å². The van der Waals surface area contributed by atoms with Crippen LogP contribution in [0, 0.1) is 5.41 Å². The van der Waals surface area contributed by atoms with E-state index in [0.717, 1.165) is 35.1 Å². The van der Waals surface area contributed by atoms with Crippen molar-refractivity contribution in [1.29, 1.82) is 0 Å². The molecule has 8 nitrogen and oxygen atoms in total. The fraction of sp³-hybridized carbons (Fsp3) is 0.400. The molecular weight excluding hydrogens is 576 g/mol. The Bertz CT molecular complexity index is 1430.